The first-order valence-corrected chi connectivity index (χ1v) is 9.76. The molecule has 0 aliphatic rings. The normalized spacial score (nSPS) is 10.6. The molecule has 1 heterocycles. The van der Waals surface area contributed by atoms with E-state index in [1.54, 1.807) is 28.8 Å². The van der Waals surface area contributed by atoms with E-state index < -0.39 is 5.97 Å². The van der Waals surface area contributed by atoms with Crippen LogP contribution in [0.4, 0.5) is 0 Å². The van der Waals surface area contributed by atoms with Gasteiger partial charge in [-0.1, -0.05) is 43.7 Å². The lowest BCUT2D eigenvalue weighted by atomic mass is 10.1. The Hall–Kier alpha value is -3.46. The fourth-order valence-corrected chi connectivity index (χ4v) is 3.15. The molecule has 1 aromatic heterocycles. The molecular formula is C23H23N3O3. The fraction of sp³-hybridized carbons (Fsp3) is 0.304. The molecule has 0 bridgehead atoms. The molecule has 0 aliphatic heterocycles. The quantitative estimate of drug-likeness (QED) is 0.548. The number of fused-ring (bicyclic) bond motifs is 1. The summed E-state index contributed by atoms with van der Waals surface area (Å²) in [5.41, 5.74) is 2.92. The Kier molecular flexibility index (Phi) is 6.75. The zero-order valence-electron chi connectivity index (χ0n) is 16.4. The van der Waals surface area contributed by atoms with Crippen LogP contribution in [0.25, 0.3) is 11.0 Å². The van der Waals surface area contributed by atoms with Gasteiger partial charge >= 0.3 is 5.97 Å². The van der Waals surface area contributed by atoms with E-state index in [0.717, 1.165) is 23.9 Å². The second kappa shape index (κ2) is 9.65. The third-order valence-corrected chi connectivity index (χ3v) is 4.75. The van der Waals surface area contributed by atoms with E-state index in [9.17, 15) is 9.59 Å². The minimum absolute atomic E-state index is 0.0362. The number of nitrogens with zero attached hydrogens (tertiary/aromatic N) is 3. The van der Waals surface area contributed by atoms with Crippen LogP contribution in [-0.4, -0.2) is 15.5 Å². The second-order valence-corrected chi connectivity index (χ2v) is 6.79. The molecule has 0 spiro atoms. The average molecular weight is 389 g/mol. The molecule has 0 fully saturated rings. The minimum atomic E-state index is -0.424. The van der Waals surface area contributed by atoms with E-state index in [4.69, 9.17) is 10.00 Å². The number of hydrogen-bond acceptors (Lipinski definition) is 5. The lowest BCUT2D eigenvalue weighted by Gasteiger charge is -2.12. The van der Waals surface area contributed by atoms with Crippen molar-refractivity contribution in [3.8, 4) is 6.07 Å². The molecule has 0 radical (unpaired) electrons. The predicted octanol–water partition coefficient (Wildman–Crippen LogP) is 3.74. The number of aryl methyl sites for hydroxylation is 2. The smallest absolute Gasteiger partial charge is 0.306 e. The Morgan fingerprint density at radius 2 is 1.93 bits per heavy atom. The lowest BCUT2D eigenvalue weighted by Crippen LogP contribution is -2.26. The van der Waals surface area contributed by atoms with Crippen LogP contribution in [0.1, 0.15) is 43.0 Å². The van der Waals surface area contributed by atoms with Crippen LogP contribution in [0.5, 0.6) is 0 Å². The van der Waals surface area contributed by atoms with Crippen LogP contribution in [0.15, 0.2) is 53.3 Å². The number of unbranched alkanes of at least 4 members (excludes halogenated alkanes) is 1. The van der Waals surface area contributed by atoms with Crippen LogP contribution in [0.2, 0.25) is 0 Å². The van der Waals surface area contributed by atoms with Gasteiger partial charge in [0.05, 0.1) is 29.1 Å². The van der Waals surface area contributed by atoms with Gasteiger partial charge in [0.25, 0.3) is 5.56 Å². The van der Waals surface area contributed by atoms with Crippen molar-refractivity contribution in [2.45, 2.75) is 45.8 Å². The summed E-state index contributed by atoms with van der Waals surface area (Å²) in [5, 5.41) is 9.10. The number of aromatic nitrogens is 2. The number of esters is 1. The van der Waals surface area contributed by atoms with Crippen molar-refractivity contribution in [2.75, 3.05) is 0 Å². The van der Waals surface area contributed by atoms with E-state index in [-0.39, 0.29) is 25.0 Å². The van der Waals surface area contributed by atoms with Gasteiger partial charge in [-0.2, -0.15) is 5.26 Å². The van der Waals surface area contributed by atoms with Crippen LogP contribution in [0.3, 0.4) is 0 Å². The Labute approximate surface area is 169 Å². The van der Waals surface area contributed by atoms with Crippen molar-refractivity contribution < 1.29 is 9.53 Å². The topological polar surface area (TPSA) is 85.0 Å². The fourth-order valence-electron chi connectivity index (χ4n) is 3.15. The largest absolute Gasteiger partial charge is 0.461 e. The first-order chi connectivity index (χ1) is 14.1. The highest BCUT2D eigenvalue weighted by Crippen LogP contribution is 2.13. The third kappa shape index (κ3) is 4.88. The van der Waals surface area contributed by atoms with Crippen LogP contribution < -0.4 is 5.56 Å². The SMILES string of the molecule is CCCCn1c(=O)c(CCC(=O)OCc2ccccc2C#N)nc2ccccc21. The minimum Gasteiger partial charge on any atom is -0.461 e. The number of benzene rings is 2. The zero-order valence-corrected chi connectivity index (χ0v) is 16.4. The molecule has 0 saturated carbocycles. The molecule has 0 amide bonds. The maximum atomic E-state index is 12.9. The highest BCUT2D eigenvalue weighted by molar-refractivity contribution is 5.75. The van der Waals surface area contributed by atoms with Gasteiger partial charge in [-0.05, 0) is 24.6 Å². The summed E-state index contributed by atoms with van der Waals surface area (Å²) in [7, 11) is 0. The molecule has 2 aromatic carbocycles. The molecule has 29 heavy (non-hydrogen) atoms. The summed E-state index contributed by atoms with van der Waals surface area (Å²) in [5.74, 6) is -0.424. The maximum Gasteiger partial charge on any atom is 0.306 e. The van der Waals surface area contributed by atoms with Crippen molar-refractivity contribution in [1.29, 1.82) is 5.26 Å². The molecule has 0 saturated heterocycles. The van der Waals surface area contributed by atoms with Gasteiger partial charge in [0.2, 0.25) is 0 Å². The molecule has 3 aromatic rings. The number of carbonyl (C=O) groups excluding carboxylic acids is 1. The monoisotopic (exact) mass is 389 g/mol. The molecule has 0 unspecified atom stereocenters. The summed E-state index contributed by atoms with van der Waals surface area (Å²) in [6.45, 7) is 2.74. The molecule has 0 N–H and O–H groups in total. The predicted molar refractivity (Wildman–Crippen MR) is 110 cm³/mol. The van der Waals surface area contributed by atoms with Gasteiger partial charge in [0, 0.05) is 18.5 Å². The average Bonchev–Trinajstić information content (AvgIpc) is 2.76. The Balaban J connectivity index is 1.71. The Morgan fingerprint density at radius 3 is 2.72 bits per heavy atom. The number of hydrogen-bond donors (Lipinski definition) is 0. The third-order valence-electron chi connectivity index (χ3n) is 4.75. The summed E-state index contributed by atoms with van der Waals surface area (Å²) < 4.78 is 7.03. The van der Waals surface area contributed by atoms with Crippen LogP contribution in [0, 0.1) is 11.3 Å². The number of para-hydroxylation sites is 2. The van der Waals surface area contributed by atoms with Gasteiger partial charge in [0.1, 0.15) is 12.3 Å². The van der Waals surface area contributed by atoms with Crippen LogP contribution in [-0.2, 0) is 29.1 Å². The van der Waals surface area contributed by atoms with Crippen molar-refractivity contribution in [3.63, 3.8) is 0 Å². The first kappa shape index (κ1) is 20.3. The second-order valence-electron chi connectivity index (χ2n) is 6.79. The van der Waals surface area contributed by atoms with Crippen molar-refractivity contribution in [3.05, 3.63) is 75.7 Å². The molecule has 0 atom stereocenters. The number of carbonyl (C=O) groups is 1. The summed E-state index contributed by atoms with van der Waals surface area (Å²) >= 11 is 0. The molecule has 148 valence electrons. The maximum absolute atomic E-state index is 12.9. The lowest BCUT2D eigenvalue weighted by molar-refractivity contribution is -0.144. The van der Waals surface area contributed by atoms with E-state index in [1.807, 2.05) is 24.3 Å². The van der Waals surface area contributed by atoms with Gasteiger partial charge in [-0.15, -0.1) is 0 Å². The zero-order chi connectivity index (χ0) is 20.6. The van der Waals surface area contributed by atoms with E-state index in [1.165, 1.54) is 0 Å². The van der Waals surface area contributed by atoms with Gasteiger partial charge in [0.15, 0.2) is 0 Å². The van der Waals surface area contributed by atoms with Crippen molar-refractivity contribution in [1.82, 2.24) is 9.55 Å². The Morgan fingerprint density at radius 1 is 1.17 bits per heavy atom. The molecule has 0 aliphatic carbocycles. The standard InChI is InChI=1S/C23H23N3O3/c1-2-3-14-26-21-11-7-6-10-19(21)25-20(23(26)28)12-13-22(27)29-16-18-9-5-4-8-17(18)15-24/h4-11H,2-3,12-14,16H2,1H3. The van der Waals surface area contributed by atoms with E-state index in [2.05, 4.69) is 18.0 Å². The van der Waals surface area contributed by atoms with Crippen molar-refractivity contribution in [2.24, 2.45) is 0 Å². The molecule has 6 heteroatoms. The van der Waals surface area contributed by atoms with E-state index in [0.29, 0.717) is 23.4 Å². The highest BCUT2D eigenvalue weighted by Gasteiger charge is 2.13. The summed E-state index contributed by atoms with van der Waals surface area (Å²) in [6, 6.07) is 16.6. The van der Waals surface area contributed by atoms with Gasteiger partial charge in [-0.25, -0.2) is 4.98 Å². The Bertz CT molecular complexity index is 1110. The van der Waals surface area contributed by atoms with Crippen LogP contribution >= 0.6 is 0 Å². The summed E-state index contributed by atoms with van der Waals surface area (Å²) in [6.07, 6.45) is 2.15. The first-order valence-electron chi connectivity index (χ1n) is 9.76. The van der Waals surface area contributed by atoms with Gasteiger partial charge in [-0.3, -0.25) is 9.59 Å². The van der Waals surface area contributed by atoms with E-state index >= 15 is 0 Å². The molecule has 3 rings (SSSR count). The number of nitriles is 1. The highest BCUT2D eigenvalue weighted by atomic mass is 16.5. The molecule has 6 nitrogen and oxygen atoms in total. The summed E-state index contributed by atoms with van der Waals surface area (Å²) in [4.78, 5) is 29.5. The number of rotatable bonds is 8. The van der Waals surface area contributed by atoms with Crippen molar-refractivity contribution >= 4 is 17.0 Å². The van der Waals surface area contributed by atoms with Gasteiger partial charge < -0.3 is 9.30 Å². The number of ether oxygens (including phenoxy) is 1. The molecular weight excluding hydrogens is 366 g/mol.